The van der Waals surface area contributed by atoms with Crippen LogP contribution in [0.15, 0.2) is 24.3 Å². The van der Waals surface area contributed by atoms with Gasteiger partial charge in [-0.25, -0.2) is 0 Å². The minimum absolute atomic E-state index is 0.0457. The van der Waals surface area contributed by atoms with Gasteiger partial charge in [0, 0.05) is 19.7 Å². The van der Waals surface area contributed by atoms with Crippen molar-refractivity contribution in [2.24, 2.45) is 0 Å². The third kappa shape index (κ3) is 3.50. The fourth-order valence-electron chi connectivity index (χ4n) is 2.45. The molecule has 1 unspecified atom stereocenters. The molecule has 0 amide bonds. The Morgan fingerprint density at radius 1 is 1.35 bits per heavy atom. The van der Waals surface area contributed by atoms with E-state index in [1.807, 2.05) is 30.3 Å². The quantitative estimate of drug-likeness (QED) is 0.830. The molecule has 1 aromatic rings. The molecule has 20 heavy (non-hydrogen) atoms. The van der Waals surface area contributed by atoms with E-state index < -0.39 is 0 Å². The fraction of sp³-hybridized carbons (Fsp3) is 0.562. The summed E-state index contributed by atoms with van der Waals surface area (Å²) in [5.41, 5.74) is 1.25. The molecule has 4 heteroatoms. The van der Waals surface area contributed by atoms with E-state index in [4.69, 9.17) is 14.7 Å². The second-order valence-electron chi connectivity index (χ2n) is 5.36. The molecule has 1 N–H and O–H groups in total. The molecule has 0 aromatic heterocycles. The zero-order chi connectivity index (χ0) is 14.4. The Hall–Kier alpha value is -1.57. The lowest BCUT2D eigenvalue weighted by Crippen LogP contribution is -2.48. The molecule has 108 valence electrons. The molecule has 2 rings (SSSR count). The molecule has 1 aliphatic rings. The highest BCUT2D eigenvalue weighted by Crippen LogP contribution is 2.34. The van der Waals surface area contributed by atoms with Gasteiger partial charge in [0.15, 0.2) is 6.61 Å². The maximum Gasteiger partial charge on any atom is 0.174 e. The van der Waals surface area contributed by atoms with Gasteiger partial charge in [-0.2, -0.15) is 5.26 Å². The molecule has 0 spiro atoms. The van der Waals surface area contributed by atoms with Crippen LogP contribution in [0.1, 0.15) is 37.8 Å². The minimum atomic E-state index is 0.0457. The van der Waals surface area contributed by atoms with E-state index >= 15 is 0 Å². The summed E-state index contributed by atoms with van der Waals surface area (Å²) in [5.74, 6) is 0.731. The molecule has 4 nitrogen and oxygen atoms in total. The normalized spacial score (nSPS) is 17.9. The Labute approximate surface area is 120 Å². The largest absolute Gasteiger partial charge is 0.479 e. The molecule has 1 fully saturated rings. The van der Waals surface area contributed by atoms with Gasteiger partial charge in [0.05, 0.1) is 5.60 Å². The highest BCUT2D eigenvalue weighted by atomic mass is 16.5. The number of hydrogen-bond donors (Lipinski definition) is 1. The number of nitrogens with zero attached hydrogens (tertiary/aromatic N) is 1. The zero-order valence-electron chi connectivity index (χ0n) is 12.2. The van der Waals surface area contributed by atoms with E-state index in [1.54, 1.807) is 7.11 Å². The minimum Gasteiger partial charge on any atom is -0.479 e. The molecule has 1 atom stereocenters. The number of nitriles is 1. The van der Waals surface area contributed by atoms with Gasteiger partial charge >= 0.3 is 0 Å². The third-order valence-electron chi connectivity index (χ3n) is 4.11. The average Bonchev–Trinajstić information content (AvgIpc) is 2.45. The van der Waals surface area contributed by atoms with Crippen molar-refractivity contribution in [2.45, 2.75) is 37.8 Å². The van der Waals surface area contributed by atoms with Crippen molar-refractivity contribution >= 4 is 0 Å². The summed E-state index contributed by atoms with van der Waals surface area (Å²) in [5, 5.41) is 12.0. The second-order valence-corrected chi connectivity index (χ2v) is 5.36. The van der Waals surface area contributed by atoms with Crippen LogP contribution in [0.5, 0.6) is 5.75 Å². The van der Waals surface area contributed by atoms with Crippen LogP contribution in [0.25, 0.3) is 0 Å². The Balaban J connectivity index is 1.86. The molecule has 0 bridgehead atoms. The van der Waals surface area contributed by atoms with Gasteiger partial charge in [0.25, 0.3) is 0 Å². The smallest absolute Gasteiger partial charge is 0.174 e. The summed E-state index contributed by atoms with van der Waals surface area (Å²) in [4.78, 5) is 0. The number of ether oxygens (including phenoxy) is 2. The van der Waals surface area contributed by atoms with E-state index in [2.05, 4.69) is 12.2 Å². The van der Waals surface area contributed by atoms with Crippen molar-refractivity contribution in [1.29, 1.82) is 5.26 Å². The van der Waals surface area contributed by atoms with Gasteiger partial charge < -0.3 is 14.8 Å². The summed E-state index contributed by atoms with van der Waals surface area (Å²) in [6.07, 6.45) is 3.54. The lowest BCUT2D eigenvalue weighted by molar-refractivity contribution is -0.0706. The number of hydrogen-bond acceptors (Lipinski definition) is 4. The van der Waals surface area contributed by atoms with Crippen molar-refractivity contribution in [3.05, 3.63) is 29.8 Å². The van der Waals surface area contributed by atoms with Crippen LogP contribution >= 0.6 is 0 Å². The van der Waals surface area contributed by atoms with Gasteiger partial charge in [-0.05, 0) is 43.9 Å². The molecular formula is C16H22N2O2. The molecule has 0 heterocycles. The first-order chi connectivity index (χ1) is 9.69. The van der Waals surface area contributed by atoms with Gasteiger partial charge in [0.1, 0.15) is 11.8 Å². The Bertz CT molecular complexity index is 455. The summed E-state index contributed by atoms with van der Waals surface area (Å²) in [6.45, 7) is 3.12. The number of rotatable bonds is 7. The van der Waals surface area contributed by atoms with E-state index in [-0.39, 0.29) is 18.2 Å². The second kappa shape index (κ2) is 6.74. The summed E-state index contributed by atoms with van der Waals surface area (Å²) in [7, 11) is 1.80. The van der Waals surface area contributed by atoms with Crippen LogP contribution in [0, 0.1) is 11.3 Å². The SMILES string of the molecule is COC1(CNC(C)c2ccc(OCC#N)cc2)CCC1. The van der Waals surface area contributed by atoms with Gasteiger partial charge in [0.2, 0.25) is 0 Å². The number of methoxy groups -OCH3 is 1. The maximum absolute atomic E-state index is 8.47. The topological polar surface area (TPSA) is 54.3 Å². The summed E-state index contributed by atoms with van der Waals surface area (Å²) in [6, 6.07) is 10.1. The monoisotopic (exact) mass is 274 g/mol. The Morgan fingerprint density at radius 3 is 2.55 bits per heavy atom. The lowest BCUT2D eigenvalue weighted by atomic mass is 9.80. The molecule has 1 saturated carbocycles. The summed E-state index contributed by atoms with van der Waals surface area (Å²) < 4.78 is 10.9. The third-order valence-corrected chi connectivity index (χ3v) is 4.11. The summed E-state index contributed by atoms with van der Waals surface area (Å²) >= 11 is 0. The first-order valence-electron chi connectivity index (χ1n) is 7.07. The van der Waals surface area contributed by atoms with Crippen molar-refractivity contribution in [3.63, 3.8) is 0 Å². The van der Waals surface area contributed by atoms with Gasteiger partial charge in [-0.15, -0.1) is 0 Å². The van der Waals surface area contributed by atoms with E-state index in [1.165, 1.54) is 12.0 Å². The van der Waals surface area contributed by atoms with E-state index in [9.17, 15) is 0 Å². The maximum atomic E-state index is 8.47. The van der Waals surface area contributed by atoms with Crippen LogP contribution in [-0.2, 0) is 4.74 Å². The lowest BCUT2D eigenvalue weighted by Gasteiger charge is -2.41. The van der Waals surface area contributed by atoms with Gasteiger partial charge in [-0.3, -0.25) is 0 Å². The van der Waals surface area contributed by atoms with E-state index in [0.717, 1.165) is 25.1 Å². The van der Waals surface area contributed by atoms with Crippen LogP contribution in [0.3, 0.4) is 0 Å². The Morgan fingerprint density at radius 2 is 2.05 bits per heavy atom. The molecular weight excluding hydrogens is 252 g/mol. The van der Waals surface area contributed by atoms with Crippen LogP contribution in [0.4, 0.5) is 0 Å². The van der Waals surface area contributed by atoms with Crippen molar-refractivity contribution in [2.75, 3.05) is 20.3 Å². The predicted molar refractivity (Wildman–Crippen MR) is 77.6 cm³/mol. The average molecular weight is 274 g/mol. The predicted octanol–water partition coefficient (Wildman–Crippen LogP) is 2.81. The molecule has 1 aliphatic carbocycles. The first kappa shape index (κ1) is 14.8. The standard InChI is InChI=1S/C16H22N2O2/c1-13(18-12-16(19-2)8-3-9-16)14-4-6-15(7-5-14)20-11-10-17/h4-7,13,18H,3,8-9,11-12H2,1-2H3. The van der Waals surface area contributed by atoms with Crippen molar-refractivity contribution in [3.8, 4) is 11.8 Å². The van der Waals surface area contributed by atoms with Crippen LogP contribution in [0.2, 0.25) is 0 Å². The fourth-order valence-corrected chi connectivity index (χ4v) is 2.45. The zero-order valence-corrected chi connectivity index (χ0v) is 12.2. The molecule has 0 saturated heterocycles. The molecule has 0 aliphatic heterocycles. The number of benzene rings is 1. The highest BCUT2D eigenvalue weighted by molar-refractivity contribution is 5.29. The van der Waals surface area contributed by atoms with Gasteiger partial charge in [-0.1, -0.05) is 12.1 Å². The Kier molecular flexibility index (Phi) is 4.99. The van der Waals surface area contributed by atoms with E-state index in [0.29, 0.717) is 0 Å². The van der Waals surface area contributed by atoms with Crippen LogP contribution < -0.4 is 10.1 Å². The van der Waals surface area contributed by atoms with Crippen molar-refractivity contribution < 1.29 is 9.47 Å². The first-order valence-corrected chi connectivity index (χ1v) is 7.07. The van der Waals surface area contributed by atoms with Crippen molar-refractivity contribution in [1.82, 2.24) is 5.32 Å². The van der Waals surface area contributed by atoms with Crippen LogP contribution in [-0.4, -0.2) is 25.9 Å². The molecule has 0 radical (unpaired) electrons. The number of nitrogens with one attached hydrogen (secondary N) is 1. The molecule has 1 aromatic carbocycles. The highest BCUT2D eigenvalue weighted by Gasteiger charge is 2.36.